The molecule has 2 nitrogen and oxygen atoms in total. The van der Waals surface area contributed by atoms with Crippen molar-refractivity contribution in [3.05, 3.63) is 59.1 Å². The minimum atomic E-state index is 0.374. The number of hydrogen-bond donors (Lipinski definition) is 1. The van der Waals surface area contributed by atoms with Crippen molar-refractivity contribution in [2.75, 3.05) is 18.9 Å². The lowest BCUT2D eigenvalue weighted by molar-refractivity contribution is 0.304. The van der Waals surface area contributed by atoms with Crippen LogP contribution in [-0.4, -0.2) is 18.9 Å². The third kappa shape index (κ3) is 3.94. The van der Waals surface area contributed by atoms with Crippen molar-refractivity contribution in [2.45, 2.75) is 17.4 Å². The molecule has 0 aromatic heterocycles. The summed E-state index contributed by atoms with van der Waals surface area (Å²) in [6.45, 7) is 1.50. The first-order valence-electron chi connectivity index (χ1n) is 7.16. The van der Waals surface area contributed by atoms with Gasteiger partial charge in [-0.25, -0.2) is 0 Å². The number of ether oxygens (including phenoxy) is 1. The summed E-state index contributed by atoms with van der Waals surface area (Å²) in [5.74, 6) is 2.06. The van der Waals surface area contributed by atoms with Gasteiger partial charge in [-0.3, -0.25) is 0 Å². The highest BCUT2D eigenvalue weighted by atomic mass is 35.5. The summed E-state index contributed by atoms with van der Waals surface area (Å²) >= 11 is 8.03. The second-order valence-electron chi connectivity index (χ2n) is 4.99. The van der Waals surface area contributed by atoms with E-state index >= 15 is 0 Å². The number of halogens is 1. The van der Waals surface area contributed by atoms with Gasteiger partial charge in [0, 0.05) is 22.5 Å². The fourth-order valence-corrected chi connectivity index (χ4v) is 3.78. The summed E-state index contributed by atoms with van der Waals surface area (Å²) in [5.41, 5.74) is 1.32. The second-order valence-corrected chi connectivity index (χ2v) is 6.56. The van der Waals surface area contributed by atoms with Crippen LogP contribution in [0.3, 0.4) is 0 Å². The van der Waals surface area contributed by atoms with Crippen LogP contribution in [0.2, 0.25) is 5.02 Å². The zero-order valence-electron chi connectivity index (χ0n) is 11.7. The van der Waals surface area contributed by atoms with Crippen LogP contribution in [0.15, 0.2) is 53.4 Å². The Morgan fingerprint density at radius 3 is 2.90 bits per heavy atom. The molecule has 0 fully saturated rings. The molecule has 1 heterocycles. The van der Waals surface area contributed by atoms with E-state index in [1.165, 1.54) is 10.5 Å². The number of benzene rings is 2. The lowest BCUT2D eigenvalue weighted by atomic mass is 10.0. The molecule has 0 radical (unpaired) electrons. The molecule has 110 valence electrons. The summed E-state index contributed by atoms with van der Waals surface area (Å²) in [6.07, 6.45) is 1.13. The van der Waals surface area contributed by atoms with E-state index in [1.807, 2.05) is 48.2 Å². The van der Waals surface area contributed by atoms with Gasteiger partial charge < -0.3 is 10.1 Å². The molecular weight excluding hydrogens is 302 g/mol. The van der Waals surface area contributed by atoms with Crippen molar-refractivity contribution in [3.63, 3.8) is 0 Å². The monoisotopic (exact) mass is 319 g/mol. The molecule has 0 aliphatic carbocycles. The first-order valence-corrected chi connectivity index (χ1v) is 8.53. The number of thioether (sulfide) groups is 1. The quantitative estimate of drug-likeness (QED) is 0.817. The normalized spacial score (nSPS) is 17.3. The molecular formula is C17H18ClNOS. The van der Waals surface area contributed by atoms with Crippen LogP contribution in [0, 0.1) is 0 Å². The molecule has 1 unspecified atom stereocenters. The smallest absolute Gasteiger partial charge is 0.119 e. The minimum absolute atomic E-state index is 0.374. The first kappa shape index (κ1) is 14.8. The van der Waals surface area contributed by atoms with E-state index < -0.39 is 0 Å². The Morgan fingerprint density at radius 1 is 1.19 bits per heavy atom. The van der Waals surface area contributed by atoms with Crippen LogP contribution in [-0.2, 0) is 0 Å². The fourth-order valence-electron chi connectivity index (χ4n) is 2.50. The number of rotatable bonds is 5. The molecule has 0 saturated heterocycles. The molecule has 0 spiro atoms. The Balaban J connectivity index is 1.54. The Bertz CT molecular complexity index is 591. The largest absolute Gasteiger partial charge is 0.492 e. The Hall–Kier alpha value is -1.16. The van der Waals surface area contributed by atoms with Crippen LogP contribution in [0.25, 0.3) is 0 Å². The molecule has 1 atom stereocenters. The summed E-state index contributed by atoms with van der Waals surface area (Å²) in [6, 6.07) is 16.5. The Morgan fingerprint density at radius 2 is 2.05 bits per heavy atom. The van der Waals surface area contributed by atoms with Crippen molar-refractivity contribution in [1.29, 1.82) is 0 Å². The zero-order valence-corrected chi connectivity index (χ0v) is 13.3. The molecule has 3 rings (SSSR count). The molecule has 0 saturated carbocycles. The molecule has 2 aromatic carbocycles. The van der Waals surface area contributed by atoms with Gasteiger partial charge in [0.05, 0.1) is 0 Å². The van der Waals surface area contributed by atoms with Crippen LogP contribution < -0.4 is 10.1 Å². The van der Waals surface area contributed by atoms with E-state index in [2.05, 4.69) is 17.4 Å². The summed E-state index contributed by atoms with van der Waals surface area (Å²) in [7, 11) is 0. The molecule has 0 amide bonds. The molecule has 1 N–H and O–H groups in total. The van der Waals surface area contributed by atoms with Gasteiger partial charge in [0.1, 0.15) is 12.4 Å². The molecule has 2 aromatic rings. The number of nitrogens with one attached hydrogen (secondary N) is 1. The summed E-state index contributed by atoms with van der Waals surface area (Å²) in [4.78, 5) is 1.34. The first-order chi connectivity index (χ1) is 10.3. The topological polar surface area (TPSA) is 21.3 Å². The minimum Gasteiger partial charge on any atom is -0.492 e. The van der Waals surface area contributed by atoms with E-state index in [4.69, 9.17) is 16.3 Å². The number of para-hydroxylation sites is 1. The average molecular weight is 320 g/mol. The van der Waals surface area contributed by atoms with Gasteiger partial charge in [0.2, 0.25) is 0 Å². The third-order valence-corrected chi connectivity index (χ3v) is 4.87. The van der Waals surface area contributed by atoms with Gasteiger partial charge in [-0.2, -0.15) is 0 Å². The van der Waals surface area contributed by atoms with E-state index in [-0.39, 0.29) is 0 Å². The zero-order chi connectivity index (χ0) is 14.5. The van der Waals surface area contributed by atoms with Gasteiger partial charge in [0.25, 0.3) is 0 Å². The maximum absolute atomic E-state index is 6.12. The standard InChI is InChI=1S/C17H18ClNOS/c18-13-6-7-17-15(12-13)16(8-11-21-17)19-9-10-20-14-4-2-1-3-5-14/h1-7,12,16,19H,8-11H2. The third-order valence-electron chi connectivity index (χ3n) is 3.52. The van der Waals surface area contributed by atoms with Gasteiger partial charge in [-0.1, -0.05) is 29.8 Å². The number of fused-ring (bicyclic) bond motifs is 1. The predicted octanol–water partition coefficient (Wildman–Crippen LogP) is 4.55. The van der Waals surface area contributed by atoms with Crippen molar-refractivity contribution >= 4 is 23.4 Å². The summed E-state index contributed by atoms with van der Waals surface area (Å²) in [5, 5.41) is 4.39. The predicted molar refractivity (Wildman–Crippen MR) is 89.5 cm³/mol. The van der Waals surface area contributed by atoms with Gasteiger partial charge >= 0.3 is 0 Å². The van der Waals surface area contributed by atoms with Gasteiger partial charge in [0.15, 0.2) is 0 Å². The second kappa shape index (κ2) is 7.21. The molecule has 0 bridgehead atoms. The fraction of sp³-hybridized carbons (Fsp3) is 0.294. The molecule has 1 aliphatic rings. The van der Waals surface area contributed by atoms with Crippen LogP contribution >= 0.6 is 23.4 Å². The Kier molecular flexibility index (Phi) is 5.07. The lowest BCUT2D eigenvalue weighted by Gasteiger charge is -2.26. The van der Waals surface area contributed by atoms with Crippen LogP contribution in [0.1, 0.15) is 18.0 Å². The number of hydrogen-bond acceptors (Lipinski definition) is 3. The van der Waals surface area contributed by atoms with Crippen molar-refractivity contribution in [2.24, 2.45) is 0 Å². The van der Waals surface area contributed by atoms with Crippen LogP contribution in [0.4, 0.5) is 0 Å². The van der Waals surface area contributed by atoms with E-state index in [9.17, 15) is 0 Å². The SMILES string of the molecule is Clc1ccc2c(c1)C(NCCOc1ccccc1)CCS2. The highest BCUT2D eigenvalue weighted by Crippen LogP contribution is 2.37. The van der Waals surface area contributed by atoms with Crippen molar-refractivity contribution < 1.29 is 4.74 Å². The maximum atomic E-state index is 6.12. The summed E-state index contributed by atoms with van der Waals surface area (Å²) < 4.78 is 5.71. The van der Waals surface area contributed by atoms with E-state index in [1.54, 1.807) is 0 Å². The lowest BCUT2D eigenvalue weighted by Crippen LogP contribution is -2.28. The highest BCUT2D eigenvalue weighted by molar-refractivity contribution is 7.99. The van der Waals surface area contributed by atoms with Crippen molar-refractivity contribution in [1.82, 2.24) is 5.32 Å². The molecule has 4 heteroatoms. The van der Waals surface area contributed by atoms with Crippen LogP contribution in [0.5, 0.6) is 5.75 Å². The van der Waals surface area contributed by atoms with Gasteiger partial charge in [-0.05, 0) is 48.1 Å². The average Bonchev–Trinajstić information content (AvgIpc) is 2.53. The van der Waals surface area contributed by atoms with E-state index in [0.717, 1.165) is 29.5 Å². The highest BCUT2D eigenvalue weighted by Gasteiger charge is 2.20. The van der Waals surface area contributed by atoms with Crippen molar-refractivity contribution in [3.8, 4) is 5.75 Å². The van der Waals surface area contributed by atoms with E-state index in [0.29, 0.717) is 12.6 Å². The molecule has 1 aliphatic heterocycles. The Labute approximate surface area is 134 Å². The van der Waals surface area contributed by atoms with Gasteiger partial charge in [-0.15, -0.1) is 11.8 Å². The molecule has 21 heavy (non-hydrogen) atoms. The maximum Gasteiger partial charge on any atom is 0.119 e.